The molecule has 1 amide bonds. The molecule has 1 unspecified atom stereocenters. The summed E-state index contributed by atoms with van der Waals surface area (Å²) in [4.78, 5) is 13.2. The van der Waals surface area contributed by atoms with E-state index in [4.69, 9.17) is 0 Å². The molecule has 0 fully saturated rings. The summed E-state index contributed by atoms with van der Waals surface area (Å²) in [6.07, 6.45) is 3.14. The summed E-state index contributed by atoms with van der Waals surface area (Å²) in [6, 6.07) is 0. The standard InChI is InChI=1S/C10H13N3O/c1-3-9(14)13-5-7(2)10-8(6-13)4-11-12-10/h3-4,7H,1,5-6H2,2H3,(H,11,12). The van der Waals surface area contributed by atoms with Crippen molar-refractivity contribution >= 4 is 5.91 Å². The van der Waals surface area contributed by atoms with Gasteiger partial charge >= 0.3 is 0 Å². The van der Waals surface area contributed by atoms with Crippen molar-refractivity contribution in [2.45, 2.75) is 19.4 Å². The minimum atomic E-state index is -0.0105. The molecule has 0 bridgehead atoms. The molecule has 1 aromatic rings. The number of carbonyl (C=O) groups is 1. The average molecular weight is 191 g/mol. The van der Waals surface area contributed by atoms with Crippen molar-refractivity contribution in [3.05, 3.63) is 30.1 Å². The van der Waals surface area contributed by atoms with Crippen LogP contribution < -0.4 is 0 Å². The van der Waals surface area contributed by atoms with Gasteiger partial charge in [0.2, 0.25) is 5.91 Å². The summed E-state index contributed by atoms with van der Waals surface area (Å²) >= 11 is 0. The first kappa shape index (κ1) is 8.99. The van der Waals surface area contributed by atoms with Gasteiger partial charge in [0.05, 0.1) is 6.20 Å². The SMILES string of the molecule is C=CC(=O)N1Cc2cn[nH]c2C(C)C1. The van der Waals surface area contributed by atoms with Gasteiger partial charge < -0.3 is 4.90 Å². The van der Waals surface area contributed by atoms with Gasteiger partial charge in [0.25, 0.3) is 0 Å². The van der Waals surface area contributed by atoms with Gasteiger partial charge in [0, 0.05) is 30.3 Å². The molecule has 74 valence electrons. The molecule has 1 atom stereocenters. The Morgan fingerprint density at radius 2 is 2.64 bits per heavy atom. The summed E-state index contributed by atoms with van der Waals surface area (Å²) in [5, 5.41) is 6.96. The fourth-order valence-corrected chi connectivity index (χ4v) is 1.86. The first-order valence-electron chi connectivity index (χ1n) is 4.66. The Labute approximate surface area is 82.6 Å². The number of amides is 1. The summed E-state index contributed by atoms with van der Waals surface area (Å²) in [5.41, 5.74) is 2.26. The number of aromatic nitrogens is 2. The quantitative estimate of drug-likeness (QED) is 0.674. The molecule has 2 heterocycles. The van der Waals surface area contributed by atoms with E-state index >= 15 is 0 Å². The lowest BCUT2D eigenvalue weighted by molar-refractivity contribution is -0.127. The molecule has 0 saturated carbocycles. The highest BCUT2D eigenvalue weighted by Gasteiger charge is 2.25. The van der Waals surface area contributed by atoms with Crippen LogP contribution in [0.25, 0.3) is 0 Å². The Balaban J connectivity index is 2.25. The van der Waals surface area contributed by atoms with Crippen LogP contribution in [0, 0.1) is 0 Å². The molecule has 1 N–H and O–H groups in total. The van der Waals surface area contributed by atoms with Crippen LogP contribution in [-0.4, -0.2) is 27.5 Å². The molecule has 0 aromatic carbocycles. The van der Waals surface area contributed by atoms with Crippen LogP contribution in [0.4, 0.5) is 0 Å². The molecule has 0 spiro atoms. The van der Waals surface area contributed by atoms with E-state index in [0.29, 0.717) is 12.5 Å². The van der Waals surface area contributed by atoms with E-state index in [9.17, 15) is 4.79 Å². The van der Waals surface area contributed by atoms with E-state index in [0.717, 1.165) is 17.8 Å². The Hall–Kier alpha value is -1.58. The first-order valence-corrected chi connectivity index (χ1v) is 4.66. The monoisotopic (exact) mass is 191 g/mol. The van der Waals surface area contributed by atoms with Gasteiger partial charge in [-0.05, 0) is 6.08 Å². The van der Waals surface area contributed by atoms with Gasteiger partial charge in [-0.25, -0.2) is 0 Å². The third-order valence-corrected chi connectivity index (χ3v) is 2.59. The van der Waals surface area contributed by atoms with Crippen molar-refractivity contribution in [1.29, 1.82) is 0 Å². The maximum absolute atomic E-state index is 11.4. The normalized spacial score (nSPS) is 20.4. The number of nitrogens with zero attached hydrogens (tertiary/aromatic N) is 2. The maximum Gasteiger partial charge on any atom is 0.246 e. The van der Waals surface area contributed by atoms with Crippen LogP contribution in [-0.2, 0) is 11.3 Å². The lowest BCUT2D eigenvalue weighted by Gasteiger charge is -2.29. The van der Waals surface area contributed by atoms with Crippen molar-refractivity contribution in [3.63, 3.8) is 0 Å². The molecule has 0 saturated heterocycles. The van der Waals surface area contributed by atoms with Crippen LogP contribution in [0.15, 0.2) is 18.9 Å². The minimum Gasteiger partial charge on any atom is -0.334 e. The summed E-state index contributed by atoms with van der Waals surface area (Å²) in [6.45, 7) is 6.95. The Bertz CT molecular complexity index is 369. The zero-order valence-corrected chi connectivity index (χ0v) is 8.16. The predicted octanol–water partition coefficient (Wildman–Crippen LogP) is 1.04. The molecule has 1 aliphatic heterocycles. The highest BCUT2D eigenvalue weighted by molar-refractivity contribution is 5.87. The van der Waals surface area contributed by atoms with Gasteiger partial charge in [-0.1, -0.05) is 13.5 Å². The Morgan fingerprint density at radius 1 is 1.86 bits per heavy atom. The molecule has 4 heteroatoms. The van der Waals surface area contributed by atoms with Crippen molar-refractivity contribution in [1.82, 2.24) is 15.1 Å². The average Bonchev–Trinajstić information content (AvgIpc) is 2.64. The van der Waals surface area contributed by atoms with Crippen LogP contribution in [0.2, 0.25) is 0 Å². The van der Waals surface area contributed by atoms with Crippen LogP contribution in [0.1, 0.15) is 24.1 Å². The summed E-state index contributed by atoms with van der Waals surface area (Å²) in [7, 11) is 0. The third kappa shape index (κ3) is 1.32. The highest BCUT2D eigenvalue weighted by Crippen LogP contribution is 2.25. The van der Waals surface area contributed by atoms with Gasteiger partial charge in [-0.15, -0.1) is 0 Å². The zero-order chi connectivity index (χ0) is 10.1. The van der Waals surface area contributed by atoms with Crippen LogP contribution >= 0.6 is 0 Å². The van der Waals surface area contributed by atoms with Crippen molar-refractivity contribution in [2.75, 3.05) is 6.54 Å². The van der Waals surface area contributed by atoms with Crippen molar-refractivity contribution < 1.29 is 4.79 Å². The van der Waals surface area contributed by atoms with E-state index in [1.165, 1.54) is 6.08 Å². The molecule has 0 radical (unpaired) electrons. The summed E-state index contributed by atoms with van der Waals surface area (Å²) in [5.74, 6) is 0.314. The number of hydrogen-bond acceptors (Lipinski definition) is 2. The van der Waals surface area contributed by atoms with Gasteiger partial charge in [-0.2, -0.15) is 5.10 Å². The number of fused-ring (bicyclic) bond motifs is 1. The number of H-pyrrole nitrogens is 1. The first-order chi connectivity index (χ1) is 6.72. The van der Waals surface area contributed by atoms with Crippen molar-refractivity contribution in [3.8, 4) is 0 Å². The summed E-state index contributed by atoms with van der Waals surface area (Å²) < 4.78 is 0. The zero-order valence-electron chi connectivity index (χ0n) is 8.16. The highest BCUT2D eigenvalue weighted by atomic mass is 16.2. The fourth-order valence-electron chi connectivity index (χ4n) is 1.86. The number of rotatable bonds is 1. The second-order valence-electron chi connectivity index (χ2n) is 3.63. The van der Waals surface area contributed by atoms with E-state index < -0.39 is 0 Å². The van der Waals surface area contributed by atoms with Gasteiger partial charge in [-0.3, -0.25) is 9.89 Å². The van der Waals surface area contributed by atoms with Gasteiger partial charge in [0.15, 0.2) is 0 Å². The minimum absolute atomic E-state index is 0.0105. The number of aromatic amines is 1. The molecule has 1 aromatic heterocycles. The van der Waals surface area contributed by atoms with Gasteiger partial charge in [0.1, 0.15) is 0 Å². The molecular weight excluding hydrogens is 178 g/mol. The molecule has 4 nitrogen and oxygen atoms in total. The topological polar surface area (TPSA) is 49.0 Å². The van der Waals surface area contributed by atoms with E-state index in [1.807, 2.05) is 0 Å². The second-order valence-corrected chi connectivity index (χ2v) is 3.63. The number of nitrogens with one attached hydrogen (secondary N) is 1. The Morgan fingerprint density at radius 3 is 3.36 bits per heavy atom. The van der Waals surface area contributed by atoms with E-state index in [1.54, 1.807) is 11.1 Å². The van der Waals surface area contributed by atoms with Crippen LogP contribution in [0.3, 0.4) is 0 Å². The van der Waals surface area contributed by atoms with E-state index in [2.05, 4.69) is 23.7 Å². The predicted molar refractivity (Wildman–Crippen MR) is 52.6 cm³/mol. The van der Waals surface area contributed by atoms with Crippen LogP contribution in [0.5, 0.6) is 0 Å². The van der Waals surface area contributed by atoms with E-state index in [-0.39, 0.29) is 5.91 Å². The largest absolute Gasteiger partial charge is 0.334 e. The van der Waals surface area contributed by atoms with Crippen molar-refractivity contribution in [2.24, 2.45) is 0 Å². The molecule has 1 aliphatic rings. The Kier molecular flexibility index (Phi) is 2.11. The fraction of sp³-hybridized carbons (Fsp3) is 0.400. The molecule has 2 rings (SSSR count). The molecule has 0 aliphatic carbocycles. The number of carbonyl (C=O) groups excluding carboxylic acids is 1. The third-order valence-electron chi connectivity index (χ3n) is 2.59. The second kappa shape index (κ2) is 3.29. The molecular formula is C10H13N3O. The lowest BCUT2D eigenvalue weighted by atomic mass is 9.98. The maximum atomic E-state index is 11.4. The smallest absolute Gasteiger partial charge is 0.246 e. The number of hydrogen-bond donors (Lipinski definition) is 1. The molecule has 14 heavy (non-hydrogen) atoms. The lowest BCUT2D eigenvalue weighted by Crippen LogP contribution is -2.36.